The van der Waals surface area contributed by atoms with E-state index in [9.17, 15) is 29.1 Å². The molecule has 4 unspecified atom stereocenters. The fourth-order valence-corrected chi connectivity index (χ4v) is 4.45. The summed E-state index contributed by atoms with van der Waals surface area (Å²) in [6, 6.07) is 3.12. The van der Waals surface area contributed by atoms with Crippen LogP contribution < -0.4 is 27.4 Å². The molecule has 0 fully saturated rings. The Bertz CT molecular complexity index is 1170. The summed E-state index contributed by atoms with van der Waals surface area (Å²) in [5, 5.41) is 18.3. The van der Waals surface area contributed by atoms with E-state index in [0.717, 1.165) is 16.5 Å². The average Bonchev–Trinajstić information content (AvgIpc) is 3.29. The number of hydrogen-bond donors (Lipinski definition) is 7. The number of carbonyl (C=O) groups excluding carboxylic acids is 4. The Balaban J connectivity index is 2.28. The van der Waals surface area contributed by atoms with Gasteiger partial charge >= 0.3 is 5.97 Å². The molecule has 1 aromatic heterocycles. The van der Waals surface area contributed by atoms with Crippen LogP contribution in [0.5, 0.6) is 0 Å². The van der Waals surface area contributed by atoms with Gasteiger partial charge in [-0.15, -0.1) is 0 Å². The number of primary amides is 1. The highest BCUT2D eigenvalue weighted by Gasteiger charge is 2.32. The van der Waals surface area contributed by atoms with Crippen LogP contribution in [0, 0.1) is 5.92 Å². The Morgan fingerprint density at radius 1 is 0.974 bits per heavy atom. The molecule has 0 aliphatic heterocycles. The van der Waals surface area contributed by atoms with Gasteiger partial charge in [0.1, 0.15) is 18.1 Å². The van der Waals surface area contributed by atoms with E-state index in [-0.39, 0.29) is 25.7 Å². The zero-order valence-electron chi connectivity index (χ0n) is 22.4. The van der Waals surface area contributed by atoms with Crippen LogP contribution in [-0.2, 0) is 30.4 Å². The predicted octanol–water partition coefficient (Wildman–Crippen LogP) is 0.251. The maximum atomic E-state index is 13.4. The van der Waals surface area contributed by atoms with Crippen molar-refractivity contribution in [2.75, 3.05) is 12.0 Å². The Morgan fingerprint density at radius 3 is 2.23 bits per heavy atom. The fraction of sp³-hybridized carbons (Fsp3) is 0.500. The molecule has 1 heterocycles. The van der Waals surface area contributed by atoms with Gasteiger partial charge in [-0.05, 0) is 42.4 Å². The average molecular weight is 563 g/mol. The van der Waals surface area contributed by atoms with Crippen LogP contribution in [0.2, 0.25) is 0 Å². The third-order valence-corrected chi connectivity index (χ3v) is 6.89. The molecule has 0 radical (unpaired) electrons. The second-order valence-corrected chi connectivity index (χ2v) is 10.6. The number of H-pyrrole nitrogens is 1. The van der Waals surface area contributed by atoms with Crippen LogP contribution in [0.25, 0.3) is 10.9 Å². The molecule has 0 saturated heterocycles. The molecule has 39 heavy (non-hydrogen) atoms. The number of rotatable bonds is 16. The van der Waals surface area contributed by atoms with Crippen molar-refractivity contribution in [3.63, 3.8) is 0 Å². The van der Waals surface area contributed by atoms with E-state index >= 15 is 0 Å². The number of aromatic nitrogens is 1. The summed E-state index contributed by atoms with van der Waals surface area (Å²) < 4.78 is 0. The molecule has 0 spiro atoms. The van der Waals surface area contributed by atoms with Gasteiger partial charge in [-0.1, -0.05) is 32.0 Å². The number of aromatic amines is 1. The van der Waals surface area contributed by atoms with Crippen molar-refractivity contribution in [3.8, 4) is 0 Å². The number of carbonyl (C=O) groups is 5. The molecule has 0 aliphatic carbocycles. The van der Waals surface area contributed by atoms with Gasteiger partial charge in [0.25, 0.3) is 0 Å². The van der Waals surface area contributed by atoms with Crippen molar-refractivity contribution in [1.82, 2.24) is 20.9 Å². The quantitative estimate of drug-likeness (QED) is 0.150. The van der Waals surface area contributed by atoms with E-state index in [0.29, 0.717) is 5.75 Å². The number of aliphatic carboxylic acids is 1. The van der Waals surface area contributed by atoms with Gasteiger partial charge in [-0.2, -0.15) is 11.8 Å². The summed E-state index contributed by atoms with van der Waals surface area (Å²) in [6.45, 7) is 3.34. The summed E-state index contributed by atoms with van der Waals surface area (Å²) in [5.74, 6) is -3.55. The van der Waals surface area contributed by atoms with Crippen LogP contribution >= 0.6 is 11.8 Å². The third-order valence-electron chi connectivity index (χ3n) is 6.24. The monoisotopic (exact) mass is 562 g/mol. The van der Waals surface area contributed by atoms with Crippen LogP contribution in [0.4, 0.5) is 0 Å². The highest BCUT2D eigenvalue weighted by atomic mass is 32.2. The van der Waals surface area contributed by atoms with Gasteiger partial charge in [-0.25, -0.2) is 4.79 Å². The van der Waals surface area contributed by atoms with Crippen LogP contribution in [0.3, 0.4) is 0 Å². The van der Waals surface area contributed by atoms with Gasteiger partial charge in [0.2, 0.25) is 23.6 Å². The largest absolute Gasteiger partial charge is 0.480 e. The zero-order chi connectivity index (χ0) is 29.1. The molecule has 2 rings (SSSR count). The Hall–Kier alpha value is -3.58. The molecule has 1 aromatic carbocycles. The lowest BCUT2D eigenvalue weighted by Crippen LogP contribution is -2.58. The topological polar surface area (TPSA) is 209 Å². The molecule has 214 valence electrons. The molecular formula is C26H38N6O6S. The van der Waals surface area contributed by atoms with E-state index in [1.54, 1.807) is 20.0 Å². The summed E-state index contributed by atoms with van der Waals surface area (Å²) in [4.78, 5) is 65.2. The lowest BCUT2D eigenvalue weighted by Gasteiger charge is -2.26. The van der Waals surface area contributed by atoms with Gasteiger partial charge < -0.3 is 37.5 Å². The van der Waals surface area contributed by atoms with Crippen molar-refractivity contribution in [2.24, 2.45) is 17.4 Å². The SMILES string of the molecule is CSCCC(NC(=O)C(N)CCC(N)=O)C(=O)NC(Cc1c[nH]c2ccccc12)C(=O)NC(C(=O)O)C(C)C. The number of carboxylic acid groups (broad SMARTS) is 1. The molecule has 12 nitrogen and oxygen atoms in total. The number of benzene rings is 1. The molecule has 0 bridgehead atoms. The molecular weight excluding hydrogens is 524 g/mol. The van der Waals surface area contributed by atoms with Gasteiger partial charge in [0.05, 0.1) is 6.04 Å². The first kappa shape index (κ1) is 31.6. The molecule has 4 amide bonds. The maximum absolute atomic E-state index is 13.4. The summed E-state index contributed by atoms with van der Waals surface area (Å²) in [6.07, 6.45) is 3.86. The fourth-order valence-electron chi connectivity index (χ4n) is 3.98. The predicted molar refractivity (Wildman–Crippen MR) is 150 cm³/mol. The van der Waals surface area contributed by atoms with Crippen molar-refractivity contribution < 1.29 is 29.1 Å². The number of thioether (sulfide) groups is 1. The number of fused-ring (bicyclic) bond motifs is 1. The molecule has 0 saturated carbocycles. The number of para-hydroxylation sites is 1. The number of hydrogen-bond acceptors (Lipinski definition) is 7. The standard InChI is InChI=1S/C26H38N6O6S/c1-14(2)22(26(37)38)32-25(36)20(12-15-13-29-18-7-5-4-6-16(15)18)31-24(35)19(10-11-39-3)30-23(34)17(27)8-9-21(28)33/h4-7,13-14,17,19-20,22,29H,8-12,27H2,1-3H3,(H2,28,33)(H,30,34)(H,31,35)(H,32,36)(H,37,38). The molecule has 2 aromatic rings. The van der Waals surface area contributed by atoms with E-state index in [1.807, 2.05) is 30.5 Å². The lowest BCUT2D eigenvalue weighted by atomic mass is 10.0. The lowest BCUT2D eigenvalue weighted by molar-refractivity contribution is -0.143. The third kappa shape index (κ3) is 9.59. The minimum Gasteiger partial charge on any atom is -0.480 e. The second-order valence-electron chi connectivity index (χ2n) is 9.65. The molecule has 13 heteroatoms. The molecule has 4 atom stereocenters. The van der Waals surface area contributed by atoms with E-state index < -0.39 is 59.7 Å². The summed E-state index contributed by atoms with van der Waals surface area (Å²) >= 11 is 1.47. The van der Waals surface area contributed by atoms with Crippen LogP contribution in [-0.4, -0.2) is 75.9 Å². The van der Waals surface area contributed by atoms with Crippen molar-refractivity contribution in [1.29, 1.82) is 0 Å². The first-order valence-electron chi connectivity index (χ1n) is 12.7. The van der Waals surface area contributed by atoms with Gasteiger partial charge in [-0.3, -0.25) is 19.2 Å². The van der Waals surface area contributed by atoms with Crippen molar-refractivity contribution in [2.45, 2.75) is 63.7 Å². The Kier molecular flexibility index (Phi) is 12.3. The maximum Gasteiger partial charge on any atom is 0.326 e. The van der Waals surface area contributed by atoms with Gasteiger partial charge in [0.15, 0.2) is 0 Å². The number of nitrogens with two attached hydrogens (primary N) is 2. The number of amides is 4. The minimum absolute atomic E-state index is 0.0232. The van der Waals surface area contributed by atoms with E-state index in [4.69, 9.17) is 11.5 Å². The molecule has 0 aliphatic rings. The number of carboxylic acids is 1. The van der Waals surface area contributed by atoms with E-state index in [1.165, 1.54) is 11.8 Å². The van der Waals surface area contributed by atoms with E-state index in [2.05, 4.69) is 20.9 Å². The molecule has 9 N–H and O–H groups in total. The minimum atomic E-state index is -1.19. The zero-order valence-corrected chi connectivity index (χ0v) is 23.2. The highest BCUT2D eigenvalue weighted by Crippen LogP contribution is 2.19. The Morgan fingerprint density at radius 2 is 1.62 bits per heavy atom. The Labute approximate surface area is 231 Å². The smallest absolute Gasteiger partial charge is 0.326 e. The summed E-state index contributed by atoms with van der Waals surface area (Å²) in [5.41, 5.74) is 12.6. The first-order valence-corrected chi connectivity index (χ1v) is 14.1. The highest BCUT2D eigenvalue weighted by molar-refractivity contribution is 7.98. The normalized spacial score (nSPS) is 14.3. The first-order chi connectivity index (χ1) is 18.4. The van der Waals surface area contributed by atoms with Crippen molar-refractivity contribution in [3.05, 3.63) is 36.0 Å². The van der Waals surface area contributed by atoms with Crippen LogP contribution in [0.15, 0.2) is 30.5 Å². The van der Waals surface area contributed by atoms with Crippen molar-refractivity contribution >= 4 is 52.3 Å². The summed E-state index contributed by atoms with van der Waals surface area (Å²) in [7, 11) is 0. The van der Waals surface area contributed by atoms with Gasteiger partial charge in [0, 0.05) is 29.9 Å². The van der Waals surface area contributed by atoms with Crippen LogP contribution in [0.1, 0.15) is 38.7 Å². The second kappa shape index (κ2) is 15.1. The number of nitrogens with one attached hydrogen (secondary N) is 4.